The third-order valence-corrected chi connectivity index (χ3v) is 5.34. The predicted octanol–water partition coefficient (Wildman–Crippen LogP) is 2.67. The molecule has 124 valence electrons. The molecule has 1 aromatic rings. The standard InChI is InChI=1S/C15H23BrN2O3S/c1-5-11(4)17-15(19)14(10(2)3)18-22(20,21)13-8-6-12(16)7-9-13/h6-11,14,18H,5H2,1-4H3,(H,17,19)/t11?,14-/m0/s1. The maximum Gasteiger partial charge on any atom is 0.241 e. The van der Waals surface area contributed by atoms with E-state index in [1.54, 1.807) is 12.1 Å². The highest BCUT2D eigenvalue weighted by molar-refractivity contribution is 9.10. The van der Waals surface area contributed by atoms with Crippen LogP contribution in [0.15, 0.2) is 33.6 Å². The first-order valence-corrected chi connectivity index (χ1v) is 9.53. The topological polar surface area (TPSA) is 75.3 Å². The smallest absolute Gasteiger partial charge is 0.241 e. The van der Waals surface area contributed by atoms with Crippen LogP contribution >= 0.6 is 15.9 Å². The molecular formula is C15H23BrN2O3S. The van der Waals surface area contributed by atoms with Crippen molar-refractivity contribution in [1.29, 1.82) is 0 Å². The third-order valence-electron chi connectivity index (χ3n) is 3.36. The number of carbonyl (C=O) groups excluding carboxylic acids is 1. The quantitative estimate of drug-likeness (QED) is 0.751. The van der Waals surface area contributed by atoms with E-state index >= 15 is 0 Å². The minimum Gasteiger partial charge on any atom is -0.352 e. The van der Waals surface area contributed by atoms with Gasteiger partial charge < -0.3 is 5.32 Å². The molecule has 5 nitrogen and oxygen atoms in total. The number of halogens is 1. The van der Waals surface area contributed by atoms with Gasteiger partial charge in [0, 0.05) is 10.5 Å². The van der Waals surface area contributed by atoms with Crippen molar-refractivity contribution in [3.8, 4) is 0 Å². The first-order valence-electron chi connectivity index (χ1n) is 7.25. The predicted molar refractivity (Wildman–Crippen MR) is 91.0 cm³/mol. The van der Waals surface area contributed by atoms with Crippen molar-refractivity contribution < 1.29 is 13.2 Å². The highest BCUT2D eigenvalue weighted by Gasteiger charge is 2.28. The van der Waals surface area contributed by atoms with Crippen LogP contribution in [0.25, 0.3) is 0 Å². The molecule has 7 heteroatoms. The first kappa shape index (κ1) is 19.1. The number of rotatable bonds is 7. The Balaban J connectivity index is 2.94. The van der Waals surface area contributed by atoms with Crippen LogP contribution < -0.4 is 10.0 Å². The third kappa shape index (κ3) is 5.37. The number of hydrogen-bond donors (Lipinski definition) is 2. The molecule has 1 unspecified atom stereocenters. The van der Waals surface area contributed by atoms with Gasteiger partial charge in [-0.3, -0.25) is 4.79 Å². The first-order chi connectivity index (χ1) is 10.2. The molecule has 0 spiro atoms. The molecular weight excluding hydrogens is 368 g/mol. The van der Waals surface area contributed by atoms with Gasteiger partial charge in [0.2, 0.25) is 15.9 Å². The van der Waals surface area contributed by atoms with Crippen molar-refractivity contribution in [3.63, 3.8) is 0 Å². The largest absolute Gasteiger partial charge is 0.352 e. The second-order valence-corrected chi connectivity index (χ2v) is 8.24. The Morgan fingerprint density at radius 1 is 1.18 bits per heavy atom. The Morgan fingerprint density at radius 3 is 2.18 bits per heavy atom. The molecule has 0 fully saturated rings. The molecule has 0 radical (unpaired) electrons. The van der Waals surface area contributed by atoms with E-state index in [0.717, 1.165) is 10.9 Å². The number of benzene rings is 1. The van der Waals surface area contributed by atoms with Crippen LogP contribution in [0.5, 0.6) is 0 Å². The summed E-state index contributed by atoms with van der Waals surface area (Å²) in [6.45, 7) is 7.47. The van der Waals surface area contributed by atoms with Gasteiger partial charge in [0.1, 0.15) is 6.04 Å². The molecule has 2 N–H and O–H groups in total. The molecule has 0 aliphatic heterocycles. The fourth-order valence-corrected chi connectivity index (χ4v) is 3.38. The normalized spacial score (nSPS) is 14.6. The number of sulfonamides is 1. The highest BCUT2D eigenvalue weighted by atomic mass is 79.9. The van der Waals surface area contributed by atoms with E-state index in [0.29, 0.717) is 0 Å². The Hall–Kier alpha value is -0.920. The zero-order valence-electron chi connectivity index (χ0n) is 13.3. The molecule has 2 atom stereocenters. The SMILES string of the molecule is CCC(C)NC(=O)[C@@H](NS(=O)(=O)c1ccc(Br)cc1)C(C)C. The zero-order valence-corrected chi connectivity index (χ0v) is 15.7. The minimum atomic E-state index is -3.74. The van der Waals surface area contributed by atoms with Gasteiger partial charge in [-0.2, -0.15) is 4.72 Å². The van der Waals surface area contributed by atoms with Crippen LogP contribution in [-0.4, -0.2) is 26.4 Å². The Bertz CT molecular complexity index is 600. The van der Waals surface area contributed by atoms with Crippen molar-refractivity contribution in [2.75, 3.05) is 0 Å². The van der Waals surface area contributed by atoms with E-state index in [-0.39, 0.29) is 22.8 Å². The van der Waals surface area contributed by atoms with E-state index in [1.165, 1.54) is 12.1 Å². The van der Waals surface area contributed by atoms with E-state index in [4.69, 9.17) is 0 Å². The van der Waals surface area contributed by atoms with Crippen LogP contribution in [0.4, 0.5) is 0 Å². The van der Waals surface area contributed by atoms with Crippen molar-refractivity contribution in [3.05, 3.63) is 28.7 Å². The molecule has 0 aromatic heterocycles. The van der Waals surface area contributed by atoms with Crippen LogP contribution in [0.1, 0.15) is 34.1 Å². The summed E-state index contributed by atoms with van der Waals surface area (Å²) in [5.74, 6) is -0.459. The maximum atomic E-state index is 12.4. The van der Waals surface area contributed by atoms with Crippen LogP contribution in [0.3, 0.4) is 0 Å². The van der Waals surface area contributed by atoms with Gasteiger partial charge in [0.25, 0.3) is 0 Å². The second-order valence-electron chi connectivity index (χ2n) is 5.61. The summed E-state index contributed by atoms with van der Waals surface area (Å²) in [7, 11) is -3.74. The summed E-state index contributed by atoms with van der Waals surface area (Å²) in [6, 6.07) is 5.50. The second kappa shape index (κ2) is 8.08. The van der Waals surface area contributed by atoms with Gasteiger partial charge in [0.15, 0.2) is 0 Å². The van der Waals surface area contributed by atoms with Crippen molar-refractivity contribution >= 4 is 31.9 Å². The Labute approximate surface area is 141 Å². The van der Waals surface area contributed by atoms with E-state index < -0.39 is 16.1 Å². The Morgan fingerprint density at radius 2 is 1.73 bits per heavy atom. The van der Waals surface area contributed by atoms with Gasteiger partial charge >= 0.3 is 0 Å². The molecule has 1 amide bonds. The monoisotopic (exact) mass is 390 g/mol. The number of hydrogen-bond acceptors (Lipinski definition) is 3. The number of nitrogens with one attached hydrogen (secondary N) is 2. The molecule has 0 saturated heterocycles. The van der Waals surface area contributed by atoms with Gasteiger partial charge in [-0.25, -0.2) is 8.42 Å². The van der Waals surface area contributed by atoms with Gasteiger partial charge in [-0.1, -0.05) is 36.7 Å². The lowest BCUT2D eigenvalue weighted by Crippen LogP contribution is -2.51. The molecule has 1 aromatic carbocycles. The Kier molecular flexibility index (Phi) is 7.02. The zero-order chi connectivity index (χ0) is 16.9. The van der Waals surface area contributed by atoms with Crippen LogP contribution in [0.2, 0.25) is 0 Å². The lowest BCUT2D eigenvalue weighted by Gasteiger charge is -2.23. The fraction of sp³-hybridized carbons (Fsp3) is 0.533. The lowest BCUT2D eigenvalue weighted by molar-refractivity contribution is -0.124. The lowest BCUT2D eigenvalue weighted by atomic mass is 10.0. The summed E-state index contributed by atoms with van der Waals surface area (Å²) < 4.78 is 28.1. The van der Waals surface area contributed by atoms with Crippen LogP contribution in [-0.2, 0) is 14.8 Å². The van der Waals surface area contributed by atoms with Crippen molar-refractivity contribution in [2.45, 2.75) is 51.1 Å². The average molecular weight is 391 g/mol. The number of amides is 1. The van der Waals surface area contributed by atoms with Gasteiger partial charge in [-0.15, -0.1) is 0 Å². The summed E-state index contributed by atoms with van der Waals surface area (Å²) >= 11 is 3.27. The van der Waals surface area contributed by atoms with Crippen molar-refractivity contribution in [1.82, 2.24) is 10.0 Å². The molecule has 0 aliphatic rings. The summed E-state index contributed by atoms with van der Waals surface area (Å²) in [4.78, 5) is 12.4. The highest BCUT2D eigenvalue weighted by Crippen LogP contribution is 2.16. The summed E-state index contributed by atoms with van der Waals surface area (Å²) in [5, 5.41) is 2.82. The minimum absolute atomic E-state index is 0.00550. The molecule has 22 heavy (non-hydrogen) atoms. The summed E-state index contributed by atoms with van der Waals surface area (Å²) in [6.07, 6.45) is 0.788. The summed E-state index contributed by atoms with van der Waals surface area (Å²) in [5.41, 5.74) is 0. The molecule has 1 rings (SSSR count). The molecule has 0 heterocycles. The average Bonchev–Trinajstić information content (AvgIpc) is 2.44. The molecule has 0 aliphatic carbocycles. The molecule has 0 bridgehead atoms. The molecule has 0 saturated carbocycles. The van der Waals surface area contributed by atoms with E-state index in [1.807, 2.05) is 27.7 Å². The van der Waals surface area contributed by atoms with Crippen molar-refractivity contribution in [2.24, 2.45) is 5.92 Å². The van der Waals surface area contributed by atoms with Crippen LogP contribution in [0, 0.1) is 5.92 Å². The van der Waals surface area contributed by atoms with Gasteiger partial charge in [-0.05, 0) is 43.5 Å². The maximum absolute atomic E-state index is 12.4. The number of carbonyl (C=O) groups is 1. The fourth-order valence-electron chi connectivity index (χ4n) is 1.78. The van der Waals surface area contributed by atoms with E-state index in [9.17, 15) is 13.2 Å². The van der Waals surface area contributed by atoms with E-state index in [2.05, 4.69) is 26.0 Å². The van der Waals surface area contributed by atoms with Gasteiger partial charge in [0.05, 0.1) is 4.90 Å².